The van der Waals surface area contributed by atoms with E-state index >= 15 is 0 Å². The number of ketones is 1. The van der Waals surface area contributed by atoms with Crippen LogP contribution in [0.15, 0.2) is 23.2 Å². The summed E-state index contributed by atoms with van der Waals surface area (Å²) in [6.45, 7) is 9.90. The van der Waals surface area contributed by atoms with Gasteiger partial charge in [0.15, 0.2) is 5.78 Å². The Kier molecular flexibility index (Phi) is 3.43. The number of rotatable bonds is 0. The zero-order valence-electron chi connectivity index (χ0n) is 12.5. The van der Waals surface area contributed by atoms with Crippen molar-refractivity contribution in [3.63, 3.8) is 0 Å². The second kappa shape index (κ2) is 4.67. The third-order valence-electron chi connectivity index (χ3n) is 2.98. The summed E-state index contributed by atoms with van der Waals surface area (Å²) in [5.74, 6) is 2.53. The topological polar surface area (TPSA) is 29.4 Å². The largest absolute Gasteiger partial charge is 0.291 e. The van der Waals surface area contributed by atoms with Crippen LogP contribution in [0.4, 0.5) is 4.39 Å². The molecule has 0 atom stereocenters. The lowest BCUT2D eigenvalue weighted by Gasteiger charge is -2.25. The highest BCUT2D eigenvalue weighted by Crippen LogP contribution is 2.27. The number of hydrogen-bond donors (Lipinski definition) is 0. The van der Waals surface area contributed by atoms with E-state index in [0.717, 1.165) is 0 Å². The van der Waals surface area contributed by atoms with Gasteiger partial charge in [-0.15, -0.1) is 5.54 Å². The molecule has 0 saturated carbocycles. The lowest BCUT2D eigenvalue weighted by Crippen LogP contribution is -2.36. The minimum absolute atomic E-state index is 0.162. The van der Waals surface area contributed by atoms with E-state index in [0.29, 0.717) is 16.8 Å². The van der Waals surface area contributed by atoms with Crippen LogP contribution in [-0.2, 0) is 0 Å². The Morgan fingerprint density at radius 3 is 2.45 bits per heavy atom. The minimum Gasteiger partial charge on any atom is -0.291 e. The Bertz CT molecular complexity index is 672. The number of Topliss-reactive ketones (excluding diaryl/α,β-unsaturated/α-hetero) is 1. The Hall–Kier alpha value is -1.73. The Balaban J connectivity index is 2.63. The van der Waals surface area contributed by atoms with Gasteiger partial charge in [-0.3, -0.25) is 9.79 Å². The van der Waals surface area contributed by atoms with Crippen LogP contribution in [0.25, 0.3) is 0 Å². The lowest BCUT2D eigenvalue weighted by molar-refractivity contribution is 0.0912. The molecule has 1 aliphatic heterocycles. The molecule has 0 saturated heterocycles. The maximum atomic E-state index is 13.4. The molecule has 1 aromatic rings. The van der Waals surface area contributed by atoms with Gasteiger partial charge in [0.2, 0.25) is 0 Å². The predicted molar refractivity (Wildman–Crippen MR) is 82.5 cm³/mol. The molecule has 0 aromatic heterocycles. The summed E-state index contributed by atoms with van der Waals surface area (Å²) in [5.41, 5.74) is 3.98. The average molecular weight is 287 g/mol. The number of hydrogen-bond acceptors (Lipinski definition) is 2. The number of benzene rings is 1. The molecule has 20 heavy (non-hydrogen) atoms. The molecule has 2 nitrogen and oxygen atoms in total. The molecule has 0 aliphatic carbocycles. The predicted octanol–water partition coefficient (Wildman–Crippen LogP) is 3.47. The van der Waals surface area contributed by atoms with E-state index in [1.54, 1.807) is 19.9 Å². The molecule has 0 bridgehead atoms. The zero-order chi connectivity index (χ0) is 15.1. The standard InChI is InChI=1S/C16H18FNOSi/c1-16(2)15(19)13-10-11(17)6-7-12(13)14(18-16)8-9-20(3,4)5/h6-7,10H,1-5H3. The third-order valence-corrected chi connectivity index (χ3v) is 3.86. The monoisotopic (exact) mass is 287 g/mol. The number of halogens is 1. The van der Waals surface area contributed by atoms with Crippen molar-refractivity contribution in [2.24, 2.45) is 4.99 Å². The van der Waals surface area contributed by atoms with Crippen molar-refractivity contribution in [2.75, 3.05) is 0 Å². The summed E-state index contributed by atoms with van der Waals surface area (Å²) in [5, 5.41) is 0. The molecule has 2 rings (SSSR count). The van der Waals surface area contributed by atoms with Crippen molar-refractivity contribution in [3.05, 3.63) is 35.1 Å². The first-order valence-electron chi connectivity index (χ1n) is 6.58. The van der Waals surface area contributed by atoms with Crippen molar-refractivity contribution in [1.29, 1.82) is 0 Å². The van der Waals surface area contributed by atoms with Gasteiger partial charge in [-0.2, -0.15) is 0 Å². The molecule has 1 aromatic carbocycles. The van der Waals surface area contributed by atoms with Crippen molar-refractivity contribution >= 4 is 19.6 Å². The first-order valence-corrected chi connectivity index (χ1v) is 10.1. The van der Waals surface area contributed by atoms with Crippen molar-refractivity contribution in [2.45, 2.75) is 39.0 Å². The van der Waals surface area contributed by atoms with Crippen LogP contribution >= 0.6 is 0 Å². The first-order chi connectivity index (χ1) is 9.10. The molecule has 0 N–H and O–H groups in total. The number of aliphatic imine (C=N–C) groups is 1. The normalized spacial score (nSPS) is 16.9. The molecule has 104 valence electrons. The van der Waals surface area contributed by atoms with Crippen LogP contribution in [0.1, 0.15) is 29.8 Å². The smallest absolute Gasteiger partial charge is 0.190 e. The maximum Gasteiger partial charge on any atom is 0.190 e. The summed E-state index contributed by atoms with van der Waals surface area (Å²) in [6, 6.07) is 4.22. The SMILES string of the molecule is CC1(C)N=C(C#C[Si](C)(C)C)c2ccc(F)cc2C1=O. The highest BCUT2D eigenvalue weighted by atomic mass is 28.3. The van der Waals surface area contributed by atoms with Gasteiger partial charge in [0.25, 0.3) is 0 Å². The average Bonchev–Trinajstić information content (AvgIpc) is 2.31. The second-order valence-corrected chi connectivity index (χ2v) is 11.3. The molecular weight excluding hydrogens is 269 g/mol. The van der Waals surface area contributed by atoms with Gasteiger partial charge in [0, 0.05) is 11.1 Å². The van der Waals surface area contributed by atoms with Gasteiger partial charge in [-0.1, -0.05) is 25.6 Å². The summed E-state index contributed by atoms with van der Waals surface area (Å²) in [6.07, 6.45) is 0. The number of nitrogens with zero attached hydrogens (tertiary/aromatic N) is 1. The molecule has 0 fully saturated rings. The van der Waals surface area contributed by atoms with Crippen LogP contribution in [0.5, 0.6) is 0 Å². The van der Waals surface area contributed by atoms with Crippen LogP contribution in [0.2, 0.25) is 19.6 Å². The molecule has 0 spiro atoms. The zero-order valence-corrected chi connectivity index (χ0v) is 13.5. The molecule has 4 heteroatoms. The molecule has 0 radical (unpaired) electrons. The van der Waals surface area contributed by atoms with Crippen molar-refractivity contribution in [1.82, 2.24) is 0 Å². The molecule has 1 aliphatic rings. The van der Waals surface area contributed by atoms with Gasteiger partial charge in [-0.25, -0.2) is 4.39 Å². The van der Waals surface area contributed by atoms with Crippen LogP contribution in [0, 0.1) is 17.3 Å². The van der Waals surface area contributed by atoms with E-state index < -0.39 is 19.4 Å². The second-order valence-electron chi connectivity index (χ2n) is 6.54. The van der Waals surface area contributed by atoms with Crippen LogP contribution in [0.3, 0.4) is 0 Å². The number of carbonyl (C=O) groups is 1. The van der Waals surface area contributed by atoms with Crippen LogP contribution in [-0.4, -0.2) is 25.1 Å². The van der Waals surface area contributed by atoms with E-state index in [1.165, 1.54) is 12.1 Å². The summed E-state index contributed by atoms with van der Waals surface area (Å²) in [4.78, 5) is 16.8. The van der Waals surface area contributed by atoms with E-state index in [9.17, 15) is 9.18 Å². The summed E-state index contributed by atoms with van der Waals surface area (Å²) in [7, 11) is -1.54. The van der Waals surface area contributed by atoms with Gasteiger partial charge in [0.05, 0.1) is 0 Å². The Morgan fingerprint density at radius 2 is 1.85 bits per heavy atom. The quantitative estimate of drug-likeness (QED) is 0.530. The highest BCUT2D eigenvalue weighted by Gasteiger charge is 2.35. The fourth-order valence-corrected chi connectivity index (χ4v) is 2.47. The van der Waals surface area contributed by atoms with Gasteiger partial charge in [-0.05, 0) is 32.0 Å². The van der Waals surface area contributed by atoms with E-state index in [2.05, 4.69) is 36.1 Å². The number of fused-ring (bicyclic) bond motifs is 1. The fourth-order valence-electron chi connectivity index (χ4n) is 1.97. The number of carbonyl (C=O) groups excluding carboxylic acids is 1. The van der Waals surface area contributed by atoms with Crippen molar-refractivity contribution in [3.8, 4) is 11.5 Å². The van der Waals surface area contributed by atoms with Crippen molar-refractivity contribution < 1.29 is 9.18 Å². The molecule has 0 unspecified atom stereocenters. The molecular formula is C16H18FNOSi. The highest BCUT2D eigenvalue weighted by molar-refractivity contribution is 6.84. The minimum atomic E-state index is -1.54. The van der Waals surface area contributed by atoms with Gasteiger partial charge in [0.1, 0.15) is 25.1 Å². The third kappa shape index (κ3) is 2.88. The molecule has 0 amide bonds. The van der Waals surface area contributed by atoms with Gasteiger partial charge < -0.3 is 0 Å². The molecule has 1 heterocycles. The van der Waals surface area contributed by atoms with E-state index in [-0.39, 0.29) is 5.78 Å². The lowest BCUT2D eigenvalue weighted by atomic mass is 9.85. The fraction of sp³-hybridized carbons (Fsp3) is 0.375. The summed E-state index contributed by atoms with van der Waals surface area (Å²) < 4.78 is 13.4. The van der Waals surface area contributed by atoms with Crippen LogP contribution < -0.4 is 0 Å². The van der Waals surface area contributed by atoms with E-state index in [4.69, 9.17) is 0 Å². The Labute approximate surface area is 120 Å². The van der Waals surface area contributed by atoms with E-state index in [1.807, 2.05) is 0 Å². The first kappa shape index (κ1) is 14.7. The van der Waals surface area contributed by atoms with Gasteiger partial charge >= 0.3 is 0 Å². The summed E-state index contributed by atoms with van der Waals surface area (Å²) >= 11 is 0. The maximum absolute atomic E-state index is 13.4. The Morgan fingerprint density at radius 1 is 1.20 bits per heavy atom.